The molecule has 1 aromatic carbocycles. The van der Waals surface area contributed by atoms with Crippen LogP contribution in [-0.4, -0.2) is 17.6 Å². The second kappa shape index (κ2) is 5.91. The standard InChI is InChI=1S/C12H9NO3.C2H6/c1-8(14)9-3-2-4-10(7-9)13-11(15)5-6-12(13)16;1-2/h2-7H,1H3;1-2H3. The van der Waals surface area contributed by atoms with Crippen LogP contribution < -0.4 is 4.90 Å². The van der Waals surface area contributed by atoms with E-state index in [1.54, 1.807) is 18.2 Å². The van der Waals surface area contributed by atoms with Crippen molar-refractivity contribution in [2.45, 2.75) is 20.8 Å². The summed E-state index contributed by atoms with van der Waals surface area (Å²) < 4.78 is 0. The molecule has 0 aromatic heterocycles. The first-order valence-electron chi connectivity index (χ1n) is 5.77. The average molecular weight is 245 g/mol. The average Bonchev–Trinajstić information content (AvgIpc) is 2.71. The van der Waals surface area contributed by atoms with Crippen LogP contribution in [-0.2, 0) is 9.59 Å². The van der Waals surface area contributed by atoms with Gasteiger partial charge in [-0.1, -0.05) is 26.0 Å². The molecule has 0 aliphatic carbocycles. The summed E-state index contributed by atoms with van der Waals surface area (Å²) in [5.41, 5.74) is 0.901. The van der Waals surface area contributed by atoms with Crippen LogP contribution in [0.2, 0.25) is 0 Å². The minimum absolute atomic E-state index is 0.103. The number of rotatable bonds is 2. The van der Waals surface area contributed by atoms with E-state index in [9.17, 15) is 14.4 Å². The second-order valence-corrected chi connectivity index (χ2v) is 3.45. The maximum atomic E-state index is 11.4. The van der Waals surface area contributed by atoms with Gasteiger partial charge in [0.05, 0.1) is 5.69 Å². The normalized spacial score (nSPS) is 13.4. The highest BCUT2D eigenvalue weighted by Gasteiger charge is 2.25. The van der Waals surface area contributed by atoms with Gasteiger partial charge in [0.15, 0.2) is 5.78 Å². The van der Waals surface area contributed by atoms with Gasteiger partial charge in [-0.3, -0.25) is 14.4 Å². The number of imide groups is 1. The van der Waals surface area contributed by atoms with Gasteiger partial charge in [-0.25, -0.2) is 4.90 Å². The Hall–Kier alpha value is -2.23. The molecule has 1 aliphatic heterocycles. The molecule has 0 spiro atoms. The summed E-state index contributed by atoms with van der Waals surface area (Å²) in [6.07, 6.45) is 2.42. The zero-order chi connectivity index (χ0) is 13.7. The Labute approximate surface area is 106 Å². The Morgan fingerprint density at radius 1 is 1.06 bits per heavy atom. The van der Waals surface area contributed by atoms with Crippen molar-refractivity contribution in [2.24, 2.45) is 0 Å². The highest BCUT2D eigenvalue weighted by Crippen LogP contribution is 2.20. The zero-order valence-electron chi connectivity index (χ0n) is 10.6. The van der Waals surface area contributed by atoms with Crippen molar-refractivity contribution in [1.82, 2.24) is 0 Å². The number of benzene rings is 1. The highest BCUT2D eigenvalue weighted by atomic mass is 16.2. The lowest BCUT2D eigenvalue weighted by Crippen LogP contribution is -2.29. The summed E-state index contributed by atoms with van der Waals surface area (Å²) in [7, 11) is 0. The molecule has 2 amide bonds. The largest absolute Gasteiger partial charge is 0.295 e. The van der Waals surface area contributed by atoms with E-state index in [4.69, 9.17) is 0 Å². The number of carbonyl (C=O) groups excluding carboxylic acids is 3. The van der Waals surface area contributed by atoms with E-state index in [-0.39, 0.29) is 17.6 Å². The molecule has 0 saturated heterocycles. The van der Waals surface area contributed by atoms with E-state index in [2.05, 4.69) is 0 Å². The minimum Gasteiger partial charge on any atom is -0.295 e. The molecule has 4 heteroatoms. The maximum absolute atomic E-state index is 11.4. The Morgan fingerprint density at radius 2 is 1.61 bits per heavy atom. The van der Waals surface area contributed by atoms with Crippen LogP contribution in [0.3, 0.4) is 0 Å². The molecule has 94 valence electrons. The molecule has 0 radical (unpaired) electrons. The van der Waals surface area contributed by atoms with Crippen LogP contribution in [0.1, 0.15) is 31.1 Å². The Kier molecular flexibility index (Phi) is 4.54. The molecule has 1 heterocycles. The quantitative estimate of drug-likeness (QED) is 0.593. The van der Waals surface area contributed by atoms with Gasteiger partial charge in [-0.15, -0.1) is 0 Å². The molecular formula is C14H15NO3. The van der Waals surface area contributed by atoms with Crippen molar-refractivity contribution in [1.29, 1.82) is 0 Å². The number of hydrogen-bond donors (Lipinski definition) is 0. The molecule has 1 aromatic rings. The minimum atomic E-state index is -0.384. The fourth-order valence-electron chi connectivity index (χ4n) is 1.52. The molecule has 2 rings (SSSR count). The van der Waals surface area contributed by atoms with Gasteiger partial charge in [0.2, 0.25) is 0 Å². The Balaban J connectivity index is 0.000000771. The van der Waals surface area contributed by atoms with Crippen LogP contribution in [0.25, 0.3) is 0 Å². The van der Waals surface area contributed by atoms with E-state index in [0.717, 1.165) is 4.90 Å². The van der Waals surface area contributed by atoms with Crippen LogP contribution in [0, 0.1) is 0 Å². The summed E-state index contributed by atoms with van der Waals surface area (Å²) in [4.78, 5) is 35.0. The summed E-state index contributed by atoms with van der Waals surface area (Å²) in [6, 6.07) is 6.44. The molecular weight excluding hydrogens is 230 g/mol. The van der Waals surface area contributed by atoms with Gasteiger partial charge in [0.25, 0.3) is 11.8 Å². The van der Waals surface area contributed by atoms with E-state index < -0.39 is 0 Å². The number of nitrogens with zero attached hydrogens (tertiary/aromatic N) is 1. The van der Waals surface area contributed by atoms with Crippen LogP contribution in [0.4, 0.5) is 5.69 Å². The number of amides is 2. The fourth-order valence-corrected chi connectivity index (χ4v) is 1.52. The summed E-state index contributed by atoms with van der Waals surface area (Å²) in [5.74, 6) is -0.870. The predicted molar refractivity (Wildman–Crippen MR) is 69.4 cm³/mol. The van der Waals surface area contributed by atoms with Gasteiger partial charge in [-0.2, -0.15) is 0 Å². The lowest BCUT2D eigenvalue weighted by atomic mass is 10.1. The van der Waals surface area contributed by atoms with Crippen LogP contribution in [0.15, 0.2) is 36.4 Å². The van der Waals surface area contributed by atoms with Crippen molar-refractivity contribution in [2.75, 3.05) is 4.90 Å². The molecule has 18 heavy (non-hydrogen) atoms. The lowest BCUT2D eigenvalue weighted by molar-refractivity contribution is -0.119. The van der Waals surface area contributed by atoms with Gasteiger partial charge < -0.3 is 0 Å². The van der Waals surface area contributed by atoms with E-state index in [1.165, 1.54) is 25.1 Å². The van der Waals surface area contributed by atoms with Gasteiger partial charge in [0.1, 0.15) is 0 Å². The van der Waals surface area contributed by atoms with Gasteiger partial charge >= 0.3 is 0 Å². The second-order valence-electron chi connectivity index (χ2n) is 3.45. The fraction of sp³-hybridized carbons (Fsp3) is 0.214. The van der Waals surface area contributed by atoms with Crippen molar-refractivity contribution < 1.29 is 14.4 Å². The van der Waals surface area contributed by atoms with Crippen molar-refractivity contribution in [3.8, 4) is 0 Å². The number of Topliss-reactive ketones (excluding diaryl/α,β-unsaturated/α-hetero) is 1. The summed E-state index contributed by atoms with van der Waals surface area (Å²) in [6.45, 7) is 5.44. The molecule has 0 unspecified atom stereocenters. The Bertz CT molecular complexity index is 500. The van der Waals surface area contributed by atoms with E-state index >= 15 is 0 Å². The predicted octanol–water partition coefficient (Wildman–Crippen LogP) is 2.34. The highest BCUT2D eigenvalue weighted by molar-refractivity contribution is 6.28. The number of anilines is 1. The lowest BCUT2D eigenvalue weighted by Gasteiger charge is -2.14. The third kappa shape index (κ3) is 2.71. The molecule has 0 bridgehead atoms. The van der Waals surface area contributed by atoms with Gasteiger partial charge in [-0.05, 0) is 19.1 Å². The smallest absolute Gasteiger partial charge is 0.258 e. The number of ketones is 1. The zero-order valence-corrected chi connectivity index (χ0v) is 10.6. The molecule has 0 saturated carbocycles. The van der Waals surface area contributed by atoms with Crippen molar-refractivity contribution >= 4 is 23.3 Å². The summed E-state index contributed by atoms with van der Waals surface area (Å²) >= 11 is 0. The summed E-state index contributed by atoms with van der Waals surface area (Å²) in [5, 5.41) is 0. The molecule has 0 fully saturated rings. The van der Waals surface area contributed by atoms with Crippen LogP contribution >= 0.6 is 0 Å². The van der Waals surface area contributed by atoms with Crippen LogP contribution in [0.5, 0.6) is 0 Å². The molecule has 0 atom stereocenters. The number of carbonyl (C=O) groups is 3. The topological polar surface area (TPSA) is 54.5 Å². The monoisotopic (exact) mass is 245 g/mol. The number of hydrogen-bond acceptors (Lipinski definition) is 3. The first-order chi connectivity index (χ1) is 8.59. The van der Waals surface area contributed by atoms with Crippen molar-refractivity contribution in [3.05, 3.63) is 42.0 Å². The molecule has 0 N–H and O–H groups in total. The van der Waals surface area contributed by atoms with Crippen molar-refractivity contribution in [3.63, 3.8) is 0 Å². The Morgan fingerprint density at radius 3 is 2.11 bits per heavy atom. The first kappa shape index (κ1) is 13.8. The SMILES string of the molecule is CC.CC(=O)c1cccc(N2C(=O)C=CC2=O)c1. The van der Waals surface area contributed by atoms with E-state index in [1.807, 2.05) is 13.8 Å². The first-order valence-corrected chi connectivity index (χ1v) is 5.77. The third-order valence-corrected chi connectivity index (χ3v) is 2.32. The third-order valence-electron chi connectivity index (χ3n) is 2.32. The molecule has 1 aliphatic rings. The van der Waals surface area contributed by atoms with E-state index in [0.29, 0.717) is 11.3 Å². The molecule has 4 nitrogen and oxygen atoms in total. The van der Waals surface area contributed by atoms with Gasteiger partial charge in [0, 0.05) is 17.7 Å². The maximum Gasteiger partial charge on any atom is 0.258 e.